The third kappa shape index (κ3) is 4.98. The minimum Gasteiger partial charge on any atom is -0.370 e. The van der Waals surface area contributed by atoms with Crippen LogP contribution >= 0.6 is 0 Å². The molecule has 0 radical (unpaired) electrons. The fourth-order valence-corrected chi connectivity index (χ4v) is 3.27. The molecule has 26 heavy (non-hydrogen) atoms. The summed E-state index contributed by atoms with van der Waals surface area (Å²) in [6, 6.07) is 14.5. The number of anilines is 2. The van der Waals surface area contributed by atoms with Crippen LogP contribution < -0.4 is 15.4 Å². The molecular formula is C19H23N3O3S. The Balaban J connectivity index is 1.86. The molecule has 7 heteroatoms. The fraction of sp³-hybridized carbons (Fsp3) is 0.316. The standard InChI is InChI=1S/C19H23N3O3S/c1-13-8-9-16(12-17(13)22-26(2,24)25)20-18(14-6-4-3-5-7-14)19(23)21-15-10-11-15/h3-9,12,15,18,20,22H,10-11H2,1-2H3,(H,21,23)/t18-/m0/s1. The molecule has 3 rings (SSSR count). The van der Waals surface area contributed by atoms with E-state index in [2.05, 4.69) is 15.4 Å². The molecule has 6 nitrogen and oxygen atoms in total. The van der Waals surface area contributed by atoms with E-state index >= 15 is 0 Å². The van der Waals surface area contributed by atoms with E-state index in [9.17, 15) is 13.2 Å². The summed E-state index contributed by atoms with van der Waals surface area (Å²) >= 11 is 0. The molecule has 0 aromatic heterocycles. The monoisotopic (exact) mass is 373 g/mol. The SMILES string of the molecule is Cc1ccc(N[C@H](C(=O)NC2CC2)c2ccccc2)cc1NS(C)(=O)=O. The van der Waals surface area contributed by atoms with Crippen LogP contribution in [0.1, 0.15) is 30.0 Å². The number of sulfonamides is 1. The normalized spacial score (nSPS) is 15.2. The van der Waals surface area contributed by atoms with Crippen molar-refractivity contribution < 1.29 is 13.2 Å². The van der Waals surface area contributed by atoms with E-state index in [0.717, 1.165) is 30.2 Å². The van der Waals surface area contributed by atoms with E-state index in [-0.39, 0.29) is 11.9 Å². The first-order valence-corrected chi connectivity index (χ1v) is 10.4. The van der Waals surface area contributed by atoms with Crippen molar-refractivity contribution in [3.05, 3.63) is 59.7 Å². The highest BCUT2D eigenvalue weighted by Gasteiger charge is 2.28. The van der Waals surface area contributed by atoms with Crippen LogP contribution in [0.4, 0.5) is 11.4 Å². The molecule has 0 saturated heterocycles. The van der Waals surface area contributed by atoms with Gasteiger partial charge in [-0.3, -0.25) is 9.52 Å². The lowest BCUT2D eigenvalue weighted by molar-refractivity contribution is -0.122. The number of nitrogens with one attached hydrogen (secondary N) is 3. The number of carbonyl (C=O) groups excluding carboxylic acids is 1. The van der Waals surface area contributed by atoms with E-state index < -0.39 is 16.1 Å². The Bertz CT molecular complexity index is 894. The van der Waals surface area contributed by atoms with Gasteiger partial charge in [0.25, 0.3) is 0 Å². The average molecular weight is 373 g/mol. The van der Waals surface area contributed by atoms with E-state index in [1.54, 1.807) is 6.07 Å². The smallest absolute Gasteiger partial charge is 0.247 e. The number of hydrogen-bond donors (Lipinski definition) is 3. The molecule has 1 aliphatic rings. The predicted molar refractivity (Wildman–Crippen MR) is 104 cm³/mol. The van der Waals surface area contributed by atoms with Crippen LogP contribution in [0.15, 0.2) is 48.5 Å². The molecule has 0 bridgehead atoms. The zero-order chi connectivity index (χ0) is 18.7. The summed E-state index contributed by atoms with van der Waals surface area (Å²) < 4.78 is 25.6. The van der Waals surface area contributed by atoms with Gasteiger partial charge in [0.15, 0.2) is 0 Å². The second-order valence-corrected chi connectivity index (χ2v) is 8.42. The van der Waals surface area contributed by atoms with Gasteiger partial charge in [0.05, 0.1) is 11.9 Å². The van der Waals surface area contributed by atoms with Gasteiger partial charge in [0.1, 0.15) is 6.04 Å². The lowest BCUT2D eigenvalue weighted by Gasteiger charge is -2.21. The van der Waals surface area contributed by atoms with Crippen LogP contribution in [-0.2, 0) is 14.8 Å². The van der Waals surface area contributed by atoms with Gasteiger partial charge < -0.3 is 10.6 Å². The zero-order valence-electron chi connectivity index (χ0n) is 14.8. The number of rotatable bonds is 7. The van der Waals surface area contributed by atoms with Crippen LogP contribution in [0.5, 0.6) is 0 Å². The van der Waals surface area contributed by atoms with Gasteiger partial charge in [-0.15, -0.1) is 0 Å². The molecule has 3 N–H and O–H groups in total. The second kappa shape index (κ2) is 7.37. The van der Waals surface area contributed by atoms with E-state index in [4.69, 9.17) is 0 Å². The van der Waals surface area contributed by atoms with E-state index in [1.807, 2.05) is 49.4 Å². The van der Waals surface area contributed by atoms with Gasteiger partial charge in [0, 0.05) is 11.7 Å². The van der Waals surface area contributed by atoms with Gasteiger partial charge in [0.2, 0.25) is 15.9 Å². The Morgan fingerprint density at radius 2 is 1.81 bits per heavy atom. The number of amides is 1. The third-order valence-corrected chi connectivity index (χ3v) is 4.75. The van der Waals surface area contributed by atoms with Crippen LogP contribution in [-0.4, -0.2) is 26.6 Å². The van der Waals surface area contributed by atoms with Crippen LogP contribution in [0, 0.1) is 6.92 Å². The van der Waals surface area contributed by atoms with Gasteiger partial charge in [-0.2, -0.15) is 0 Å². The quantitative estimate of drug-likeness (QED) is 0.696. The predicted octanol–water partition coefficient (Wildman–Crippen LogP) is 2.80. The lowest BCUT2D eigenvalue weighted by atomic mass is 10.1. The lowest BCUT2D eigenvalue weighted by Crippen LogP contribution is -2.34. The number of carbonyl (C=O) groups is 1. The van der Waals surface area contributed by atoms with Crippen LogP contribution in [0.2, 0.25) is 0 Å². The highest BCUT2D eigenvalue weighted by Crippen LogP contribution is 2.27. The van der Waals surface area contributed by atoms with Crippen molar-refractivity contribution in [3.8, 4) is 0 Å². The minimum absolute atomic E-state index is 0.0862. The Morgan fingerprint density at radius 3 is 2.42 bits per heavy atom. The van der Waals surface area contributed by atoms with Crippen molar-refractivity contribution in [1.29, 1.82) is 0 Å². The molecule has 0 unspecified atom stereocenters. The van der Waals surface area contributed by atoms with Crippen molar-refractivity contribution in [2.24, 2.45) is 0 Å². The van der Waals surface area contributed by atoms with Crippen LogP contribution in [0.3, 0.4) is 0 Å². The molecule has 0 aliphatic heterocycles. The first-order valence-electron chi connectivity index (χ1n) is 8.52. The zero-order valence-corrected chi connectivity index (χ0v) is 15.6. The Hall–Kier alpha value is -2.54. The largest absolute Gasteiger partial charge is 0.370 e. The summed E-state index contributed by atoms with van der Waals surface area (Å²) in [6.45, 7) is 1.83. The third-order valence-electron chi connectivity index (χ3n) is 4.16. The maximum Gasteiger partial charge on any atom is 0.247 e. The molecule has 1 atom stereocenters. The second-order valence-electron chi connectivity index (χ2n) is 6.67. The van der Waals surface area contributed by atoms with Gasteiger partial charge in [-0.1, -0.05) is 36.4 Å². The highest BCUT2D eigenvalue weighted by atomic mass is 32.2. The first-order chi connectivity index (χ1) is 12.3. The number of benzene rings is 2. The Labute approximate surface area is 154 Å². The molecule has 1 aliphatic carbocycles. The molecule has 1 amide bonds. The number of hydrogen-bond acceptors (Lipinski definition) is 4. The van der Waals surface area contributed by atoms with Gasteiger partial charge in [-0.05, 0) is 43.0 Å². The topological polar surface area (TPSA) is 87.3 Å². The van der Waals surface area contributed by atoms with Crippen molar-refractivity contribution in [2.45, 2.75) is 31.8 Å². The first kappa shape index (κ1) is 18.3. The van der Waals surface area contributed by atoms with E-state index in [0.29, 0.717) is 11.4 Å². The number of aryl methyl sites for hydroxylation is 1. The van der Waals surface area contributed by atoms with Crippen molar-refractivity contribution in [1.82, 2.24) is 5.32 Å². The van der Waals surface area contributed by atoms with Crippen molar-refractivity contribution in [3.63, 3.8) is 0 Å². The molecule has 2 aromatic rings. The van der Waals surface area contributed by atoms with Crippen molar-refractivity contribution in [2.75, 3.05) is 16.3 Å². The maximum absolute atomic E-state index is 12.7. The van der Waals surface area contributed by atoms with Crippen LogP contribution in [0.25, 0.3) is 0 Å². The van der Waals surface area contributed by atoms with Crippen molar-refractivity contribution >= 4 is 27.3 Å². The highest BCUT2D eigenvalue weighted by molar-refractivity contribution is 7.92. The summed E-state index contributed by atoms with van der Waals surface area (Å²) in [5.41, 5.74) is 2.82. The molecule has 2 aromatic carbocycles. The fourth-order valence-electron chi connectivity index (χ4n) is 2.65. The minimum atomic E-state index is -3.38. The van der Waals surface area contributed by atoms with Gasteiger partial charge >= 0.3 is 0 Å². The summed E-state index contributed by atoms with van der Waals surface area (Å²) in [4.78, 5) is 12.7. The summed E-state index contributed by atoms with van der Waals surface area (Å²) in [6.07, 6.45) is 3.14. The summed E-state index contributed by atoms with van der Waals surface area (Å²) in [5, 5.41) is 6.26. The summed E-state index contributed by atoms with van der Waals surface area (Å²) in [5.74, 6) is -0.0862. The molecule has 0 heterocycles. The molecule has 0 spiro atoms. The Morgan fingerprint density at radius 1 is 1.12 bits per heavy atom. The van der Waals surface area contributed by atoms with Gasteiger partial charge in [-0.25, -0.2) is 8.42 Å². The maximum atomic E-state index is 12.7. The Kier molecular flexibility index (Phi) is 5.18. The molecule has 1 saturated carbocycles. The molecule has 1 fully saturated rings. The summed E-state index contributed by atoms with van der Waals surface area (Å²) in [7, 11) is -3.38. The molecular weight excluding hydrogens is 350 g/mol. The van der Waals surface area contributed by atoms with E-state index in [1.165, 1.54) is 0 Å². The average Bonchev–Trinajstić information content (AvgIpc) is 3.39. The molecule has 138 valence electrons.